The van der Waals surface area contributed by atoms with Gasteiger partial charge in [0.2, 0.25) is 0 Å². The summed E-state index contributed by atoms with van der Waals surface area (Å²) in [6.45, 7) is 5.36. The normalized spacial score (nSPS) is 12.0. The number of nitrogens with zero attached hydrogens (tertiary/aromatic N) is 3. The topological polar surface area (TPSA) is 35.7 Å². The van der Waals surface area contributed by atoms with Crippen LogP contribution in [0, 0.1) is 0 Å². The molecule has 0 aromatic carbocycles. The van der Waals surface area contributed by atoms with Gasteiger partial charge in [0, 0.05) is 6.67 Å². The summed E-state index contributed by atoms with van der Waals surface area (Å²) in [4.78, 5) is 6.82. The van der Waals surface area contributed by atoms with E-state index in [-0.39, 0.29) is 0 Å². The van der Waals surface area contributed by atoms with E-state index < -0.39 is 0 Å². The van der Waals surface area contributed by atoms with Crippen molar-refractivity contribution in [2.75, 3.05) is 61.0 Å². The highest BCUT2D eigenvalue weighted by Crippen LogP contribution is 1.96. The molecule has 4 heteroatoms. The van der Waals surface area contributed by atoms with Gasteiger partial charge in [-0.25, -0.2) is 0 Å². The molecule has 0 saturated heterocycles. The first-order valence-electron chi connectivity index (χ1n) is 6.28. The first kappa shape index (κ1) is 15.8. The summed E-state index contributed by atoms with van der Waals surface area (Å²) in [5.41, 5.74) is 5.52. The van der Waals surface area contributed by atoms with Gasteiger partial charge in [-0.3, -0.25) is 4.90 Å². The van der Waals surface area contributed by atoms with Crippen molar-refractivity contribution < 1.29 is 0 Å². The molecule has 0 rings (SSSR count). The first-order valence-corrected chi connectivity index (χ1v) is 6.28. The Bertz CT molecular complexity index is 150. The lowest BCUT2D eigenvalue weighted by Crippen LogP contribution is -2.28. The molecule has 0 bridgehead atoms. The maximum Gasteiger partial charge on any atom is 0.0452 e. The Morgan fingerprint density at radius 2 is 1.19 bits per heavy atom. The monoisotopic (exact) mass is 230 g/mol. The maximum atomic E-state index is 5.52. The van der Waals surface area contributed by atoms with Gasteiger partial charge in [-0.15, -0.1) is 0 Å². The average molecular weight is 230 g/mol. The van der Waals surface area contributed by atoms with E-state index in [1.807, 2.05) is 0 Å². The third-order valence-electron chi connectivity index (χ3n) is 2.79. The van der Waals surface area contributed by atoms with Crippen LogP contribution in [0.5, 0.6) is 0 Å². The fraction of sp³-hybridized carbons (Fsp3) is 1.00. The molecular formula is C12H30N4. The Labute approximate surface area is 101 Å². The zero-order valence-corrected chi connectivity index (χ0v) is 11.6. The van der Waals surface area contributed by atoms with Gasteiger partial charge < -0.3 is 15.5 Å². The summed E-state index contributed by atoms with van der Waals surface area (Å²) in [7, 11) is 8.54. The summed E-state index contributed by atoms with van der Waals surface area (Å²) in [5.74, 6) is 0. The van der Waals surface area contributed by atoms with Crippen LogP contribution in [0.4, 0.5) is 0 Å². The van der Waals surface area contributed by atoms with Crippen molar-refractivity contribution in [1.29, 1.82) is 0 Å². The van der Waals surface area contributed by atoms with Crippen molar-refractivity contribution in [3.63, 3.8) is 0 Å². The summed E-state index contributed by atoms with van der Waals surface area (Å²) < 4.78 is 0. The largest absolute Gasteiger partial charge is 0.318 e. The molecule has 0 aliphatic heterocycles. The molecule has 98 valence electrons. The molecular weight excluding hydrogens is 200 g/mol. The van der Waals surface area contributed by atoms with Crippen molar-refractivity contribution in [2.24, 2.45) is 5.73 Å². The van der Waals surface area contributed by atoms with E-state index in [0.717, 1.165) is 6.54 Å². The highest BCUT2D eigenvalue weighted by atomic mass is 15.1. The smallest absolute Gasteiger partial charge is 0.0452 e. The minimum absolute atomic E-state index is 0.665. The molecule has 0 aromatic rings. The summed E-state index contributed by atoms with van der Waals surface area (Å²) in [5, 5.41) is 0. The number of rotatable bonds is 10. The van der Waals surface area contributed by atoms with Crippen LogP contribution in [0.25, 0.3) is 0 Å². The van der Waals surface area contributed by atoms with Crippen molar-refractivity contribution >= 4 is 0 Å². The minimum atomic E-state index is 0.665. The summed E-state index contributed by atoms with van der Waals surface area (Å²) >= 11 is 0. The Kier molecular flexibility index (Phi) is 9.92. The van der Waals surface area contributed by atoms with Crippen LogP contribution in [0.15, 0.2) is 0 Å². The molecule has 16 heavy (non-hydrogen) atoms. The van der Waals surface area contributed by atoms with Crippen LogP contribution in [-0.4, -0.2) is 75.7 Å². The predicted molar refractivity (Wildman–Crippen MR) is 71.6 cm³/mol. The molecule has 0 aromatic heterocycles. The average Bonchev–Trinajstić information content (AvgIpc) is 2.23. The van der Waals surface area contributed by atoms with E-state index >= 15 is 0 Å². The lowest BCUT2D eigenvalue weighted by atomic mass is 10.2. The lowest BCUT2D eigenvalue weighted by Gasteiger charge is -2.19. The summed E-state index contributed by atoms with van der Waals surface area (Å²) in [6.07, 6.45) is 3.76. The Hall–Kier alpha value is -0.160. The Morgan fingerprint density at radius 3 is 1.69 bits per heavy atom. The van der Waals surface area contributed by atoms with E-state index in [2.05, 4.69) is 42.9 Å². The second kappa shape index (κ2) is 10.0. The van der Waals surface area contributed by atoms with Gasteiger partial charge in [0.25, 0.3) is 0 Å². The zero-order chi connectivity index (χ0) is 12.4. The van der Waals surface area contributed by atoms with Gasteiger partial charge in [-0.1, -0.05) is 0 Å². The molecule has 0 heterocycles. The van der Waals surface area contributed by atoms with E-state index in [4.69, 9.17) is 5.73 Å². The van der Waals surface area contributed by atoms with E-state index in [9.17, 15) is 0 Å². The first-order chi connectivity index (χ1) is 7.56. The third kappa shape index (κ3) is 10.4. The van der Waals surface area contributed by atoms with Crippen LogP contribution in [0.1, 0.15) is 19.3 Å². The van der Waals surface area contributed by atoms with Crippen molar-refractivity contribution in [3.8, 4) is 0 Å². The molecule has 2 N–H and O–H groups in total. The van der Waals surface area contributed by atoms with Crippen molar-refractivity contribution in [3.05, 3.63) is 0 Å². The lowest BCUT2D eigenvalue weighted by molar-refractivity contribution is 0.281. The van der Waals surface area contributed by atoms with E-state index in [0.29, 0.717) is 6.67 Å². The van der Waals surface area contributed by atoms with Crippen LogP contribution < -0.4 is 5.73 Å². The molecule has 0 amide bonds. The predicted octanol–water partition coefficient (Wildman–Crippen LogP) is 0.498. The van der Waals surface area contributed by atoms with Crippen molar-refractivity contribution in [2.45, 2.75) is 19.3 Å². The highest BCUT2D eigenvalue weighted by molar-refractivity contribution is 4.55. The number of hydrogen-bond donors (Lipinski definition) is 1. The maximum absolute atomic E-state index is 5.52. The third-order valence-corrected chi connectivity index (χ3v) is 2.79. The number of hydrogen-bond acceptors (Lipinski definition) is 4. The molecule has 0 atom stereocenters. The van der Waals surface area contributed by atoms with Gasteiger partial charge in [0.1, 0.15) is 0 Å². The van der Waals surface area contributed by atoms with Gasteiger partial charge in [-0.05, 0) is 73.6 Å². The molecule has 0 spiro atoms. The molecule has 0 aliphatic rings. The van der Waals surface area contributed by atoms with Gasteiger partial charge in [-0.2, -0.15) is 0 Å². The number of unbranched alkanes of at least 4 members (excludes halogenated alkanes) is 1. The quantitative estimate of drug-likeness (QED) is 0.438. The fourth-order valence-electron chi connectivity index (χ4n) is 1.62. The molecule has 0 saturated carbocycles. The molecule has 0 unspecified atom stereocenters. The second-order valence-electron chi connectivity index (χ2n) is 4.93. The van der Waals surface area contributed by atoms with Crippen LogP contribution in [-0.2, 0) is 0 Å². The van der Waals surface area contributed by atoms with E-state index in [1.165, 1.54) is 38.9 Å². The Morgan fingerprint density at radius 1 is 0.688 bits per heavy atom. The van der Waals surface area contributed by atoms with Crippen LogP contribution in [0.3, 0.4) is 0 Å². The summed E-state index contributed by atoms with van der Waals surface area (Å²) in [6, 6.07) is 0. The van der Waals surface area contributed by atoms with Crippen LogP contribution in [0.2, 0.25) is 0 Å². The molecule has 0 radical (unpaired) electrons. The van der Waals surface area contributed by atoms with E-state index in [1.54, 1.807) is 0 Å². The zero-order valence-electron chi connectivity index (χ0n) is 11.6. The fourth-order valence-corrected chi connectivity index (χ4v) is 1.62. The van der Waals surface area contributed by atoms with Gasteiger partial charge in [0.15, 0.2) is 0 Å². The second-order valence-corrected chi connectivity index (χ2v) is 4.93. The van der Waals surface area contributed by atoms with Gasteiger partial charge in [0.05, 0.1) is 0 Å². The SMILES string of the molecule is CN(C)CCCN(C)CCCCN(C)CN. The molecule has 0 aliphatic carbocycles. The molecule has 0 fully saturated rings. The highest BCUT2D eigenvalue weighted by Gasteiger charge is 2.00. The molecule has 4 nitrogen and oxygen atoms in total. The van der Waals surface area contributed by atoms with Crippen molar-refractivity contribution in [1.82, 2.24) is 14.7 Å². The minimum Gasteiger partial charge on any atom is -0.318 e. The standard InChI is InChI=1S/C12H30N4/c1-14(2)8-7-11-15(3)9-5-6-10-16(4)12-13/h5-13H2,1-4H3. The van der Waals surface area contributed by atoms with Gasteiger partial charge >= 0.3 is 0 Å². The number of nitrogens with two attached hydrogens (primary N) is 1. The Balaban J connectivity index is 3.26. The van der Waals surface area contributed by atoms with Crippen LogP contribution >= 0.6 is 0 Å².